The Morgan fingerprint density at radius 2 is 1.62 bits per heavy atom. The van der Waals surface area contributed by atoms with E-state index >= 15 is 0 Å². The first-order valence-corrected chi connectivity index (χ1v) is 6.57. The molecule has 3 nitrogen and oxygen atoms in total. The first-order chi connectivity index (χ1) is 5.75. The summed E-state index contributed by atoms with van der Waals surface area (Å²) in [4.78, 5) is 0. The van der Waals surface area contributed by atoms with Gasteiger partial charge in [0.2, 0.25) is 0 Å². The molecule has 0 spiro atoms. The van der Waals surface area contributed by atoms with Gasteiger partial charge in [0, 0.05) is 6.26 Å². The summed E-state index contributed by atoms with van der Waals surface area (Å²) >= 11 is 0. The largest absolute Gasteiger partial charge is 0.392 e. The number of rotatable bonds is 5. The highest BCUT2D eigenvalue weighted by molar-refractivity contribution is 7.91. The van der Waals surface area contributed by atoms with Crippen molar-refractivity contribution in [3.63, 3.8) is 0 Å². The number of hydrogen-bond acceptors (Lipinski definition) is 3. The second kappa shape index (κ2) is 4.96. The first kappa shape index (κ1) is 12.9. The van der Waals surface area contributed by atoms with E-state index < -0.39 is 21.2 Å². The smallest absolute Gasteiger partial charge is 0.152 e. The molecular formula is C9H20O3S. The SMILES string of the molecule is CC(C)CCC(O)C(C)S(C)(=O)=O. The minimum atomic E-state index is -3.10. The van der Waals surface area contributed by atoms with Gasteiger partial charge in [-0.3, -0.25) is 0 Å². The van der Waals surface area contributed by atoms with E-state index in [4.69, 9.17) is 0 Å². The van der Waals surface area contributed by atoms with Gasteiger partial charge in [0.05, 0.1) is 11.4 Å². The zero-order valence-electron chi connectivity index (χ0n) is 8.82. The van der Waals surface area contributed by atoms with E-state index in [9.17, 15) is 13.5 Å². The molecule has 0 aromatic heterocycles. The molecule has 0 aromatic rings. The minimum absolute atomic E-state index is 0.501. The van der Waals surface area contributed by atoms with Crippen molar-refractivity contribution in [1.82, 2.24) is 0 Å². The summed E-state index contributed by atoms with van der Waals surface area (Å²) in [5.41, 5.74) is 0. The maximum Gasteiger partial charge on any atom is 0.152 e. The minimum Gasteiger partial charge on any atom is -0.392 e. The maximum atomic E-state index is 11.1. The van der Waals surface area contributed by atoms with E-state index in [-0.39, 0.29) is 0 Å². The molecule has 13 heavy (non-hydrogen) atoms. The predicted molar refractivity (Wildman–Crippen MR) is 54.4 cm³/mol. The van der Waals surface area contributed by atoms with E-state index in [0.717, 1.165) is 12.7 Å². The van der Waals surface area contributed by atoms with Crippen LogP contribution in [-0.4, -0.2) is 31.1 Å². The molecule has 0 aliphatic carbocycles. The van der Waals surface area contributed by atoms with Gasteiger partial charge in [-0.2, -0.15) is 0 Å². The Kier molecular flexibility index (Phi) is 4.92. The lowest BCUT2D eigenvalue weighted by Gasteiger charge is -2.17. The molecule has 0 saturated carbocycles. The van der Waals surface area contributed by atoms with Crippen molar-refractivity contribution < 1.29 is 13.5 Å². The van der Waals surface area contributed by atoms with Crippen molar-refractivity contribution >= 4 is 9.84 Å². The summed E-state index contributed by atoms with van der Waals surface area (Å²) in [6.45, 7) is 5.66. The molecule has 0 rings (SSSR count). The van der Waals surface area contributed by atoms with Crippen LogP contribution in [0.2, 0.25) is 0 Å². The van der Waals surface area contributed by atoms with Crippen LogP contribution in [0.25, 0.3) is 0 Å². The Hall–Kier alpha value is -0.0900. The molecule has 0 bridgehead atoms. The van der Waals surface area contributed by atoms with E-state index in [2.05, 4.69) is 13.8 Å². The van der Waals surface area contributed by atoms with Gasteiger partial charge in [-0.25, -0.2) is 8.42 Å². The molecule has 1 N–H and O–H groups in total. The van der Waals surface area contributed by atoms with Gasteiger partial charge in [0.15, 0.2) is 9.84 Å². The molecular weight excluding hydrogens is 188 g/mol. The van der Waals surface area contributed by atoms with Crippen molar-refractivity contribution in [2.45, 2.75) is 45.0 Å². The molecule has 0 fully saturated rings. The first-order valence-electron chi connectivity index (χ1n) is 4.62. The third kappa shape index (κ3) is 5.26. The van der Waals surface area contributed by atoms with Crippen LogP contribution in [0, 0.1) is 5.92 Å². The Balaban J connectivity index is 4.05. The van der Waals surface area contributed by atoms with Crippen LogP contribution in [-0.2, 0) is 9.84 Å². The Bertz CT molecular complexity index is 231. The van der Waals surface area contributed by atoms with Gasteiger partial charge >= 0.3 is 0 Å². The van der Waals surface area contributed by atoms with Crippen LogP contribution >= 0.6 is 0 Å². The quantitative estimate of drug-likeness (QED) is 0.739. The van der Waals surface area contributed by atoms with Gasteiger partial charge in [0.1, 0.15) is 0 Å². The van der Waals surface area contributed by atoms with Crippen LogP contribution in [0.1, 0.15) is 33.6 Å². The molecule has 2 unspecified atom stereocenters. The summed E-state index contributed by atoms with van der Waals surface area (Å²) < 4.78 is 22.1. The molecule has 0 saturated heterocycles. The van der Waals surface area contributed by atoms with Crippen LogP contribution in [0.4, 0.5) is 0 Å². The van der Waals surface area contributed by atoms with Crippen molar-refractivity contribution in [2.24, 2.45) is 5.92 Å². The van der Waals surface area contributed by atoms with Crippen LogP contribution < -0.4 is 0 Å². The van der Waals surface area contributed by atoms with Crippen LogP contribution in [0.3, 0.4) is 0 Å². The lowest BCUT2D eigenvalue weighted by Crippen LogP contribution is -2.30. The van der Waals surface area contributed by atoms with E-state index in [1.165, 1.54) is 0 Å². The summed E-state index contributed by atoms with van der Waals surface area (Å²) in [5, 5.41) is 8.88. The van der Waals surface area contributed by atoms with Gasteiger partial charge in [-0.05, 0) is 25.7 Å². The fourth-order valence-electron chi connectivity index (χ4n) is 1.02. The lowest BCUT2D eigenvalue weighted by molar-refractivity contribution is 0.155. The second-order valence-corrected chi connectivity index (χ2v) is 6.48. The Morgan fingerprint density at radius 3 is 1.92 bits per heavy atom. The lowest BCUT2D eigenvalue weighted by atomic mass is 10.0. The van der Waals surface area contributed by atoms with E-state index in [0.29, 0.717) is 12.3 Å². The highest BCUT2D eigenvalue weighted by Crippen LogP contribution is 2.13. The average molecular weight is 208 g/mol. The Labute approximate surface area is 81.1 Å². The van der Waals surface area contributed by atoms with Crippen LogP contribution in [0.5, 0.6) is 0 Å². The summed E-state index contributed by atoms with van der Waals surface area (Å²) in [6, 6.07) is 0. The number of aliphatic hydroxyl groups is 1. The van der Waals surface area contributed by atoms with Crippen molar-refractivity contribution in [3.8, 4) is 0 Å². The van der Waals surface area contributed by atoms with Crippen molar-refractivity contribution in [1.29, 1.82) is 0 Å². The van der Waals surface area contributed by atoms with Gasteiger partial charge in [0.25, 0.3) is 0 Å². The number of hydrogen-bond donors (Lipinski definition) is 1. The topological polar surface area (TPSA) is 54.4 Å². The monoisotopic (exact) mass is 208 g/mol. The van der Waals surface area contributed by atoms with Gasteiger partial charge < -0.3 is 5.11 Å². The number of sulfone groups is 1. The summed E-state index contributed by atoms with van der Waals surface area (Å²) in [6.07, 6.45) is 1.86. The molecule has 0 aromatic carbocycles. The molecule has 4 heteroatoms. The normalized spacial score (nSPS) is 17.4. The molecule has 0 amide bonds. The molecule has 0 aliphatic rings. The molecule has 0 heterocycles. The molecule has 80 valence electrons. The predicted octanol–water partition coefficient (Wildman–Crippen LogP) is 1.22. The molecule has 2 atom stereocenters. The van der Waals surface area contributed by atoms with Crippen LogP contribution in [0.15, 0.2) is 0 Å². The average Bonchev–Trinajstić information content (AvgIpc) is 1.96. The molecule has 0 aliphatic heterocycles. The fraction of sp³-hybridized carbons (Fsp3) is 1.00. The van der Waals surface area contributed by atoms with E-state index in [1.54, 1.807) is 6.92 Å². The van der Waals surface area contributed by atoms with Crippen molar-refractivity contribution in [3.05, 3.63) is 0 Å². The molecule has 0 radical (unpaired) electrons. The maximum absolute atomic E-state index is 11.1. The highest BCUT2D eigenvalue weighted by Gasteiger charge is 2.23. The standard InChI is InChI=1S/C9H20O3S/c1-7(2)5-6-9(10)8(3)13(4,11)12/h7-10H,5-6H2,1-4H3. The second-order valence-electron chi connectivity index (χ2n) is 4.07. The zero-order chi connectivity index (χ0) is 10.6. The Morgan fingerprint density at radius 1 is 1.15 bits per heavy atom. The summed E-state index contributed by atoms with van der Waals surface area (Å²) in [5.74, 6) is 0.501. The van der Waals surface area contributed by atoms with Gasteiger partial charge in [-0.15, -0.1) is 0 Å². The number of aliphatic hydroxyl groups excluding tert-OH is 1. The van der Waals surface area contributed by atoms with E-state index in [1.807, 2.05) is 0 Å². The zero-order valence-corrected chi connectivity index (χ0v) is 9.63. The van der Waals surface area contributed by atoms with Gasteiger partial charge in [-0.1, -0.05) is 13.8 Å². The fourth-order valence-corrected chi connectivity index (χ4v) is 1.73. The third-order valence-corrected chi connectivity index (χ3v) is 3.92. The van der Waals surface area contributed by atoms with Crippen molar-refractivity contribution in [2.75, 3.05) is 6.26 Å². The highest BCUT2D eigenvalue weighted by atomic mass is 32.2. The third-order valence-electron chi connectivity index (χ3n) is 2.26. The summed E-state index contributed by atoms with van der Waals surface area (Å²) in [7, 11) is -3.10.